The molecule has 3 aromatic rings. The maximum atomic E-state index is 13.0. The molecule has 196 valence electrons. The molecule has 0 bridgehead atoms. The first-order chi connectivity index (χ1) is 18.4. The standard InChI is InChI=1S/C32H34N2O4/c1-20(2)31(36)34-15-14-26-25(22-10-7-11-23(16-22)32(37)38-3)13-12-24(29(26)19-34)18-33-30(35)28-17-27(28)21-8-5-4-6-9-21/h4-13,16,20,27-28H,14-15,17-19H2,1-3H3,(H,33,35). The van der Waals surface area contributed by atoms with Gasteiger partial charge in [-0.1, -0.05) is 68.4 Å². The van der Waals surface area contributed by atoms with Crippen LogP contribution in [0.25, 0.3) is 11.1 Å². The molecule has 1 heterocycles. The van der Waals surface area contributed by atoms with Crippen LogP contribution < -0.4 is 5.32 Å². The minimum absolute atomic E-state index is 0.00702. The first kappa shape index (κ1) is 25.7. The van der Waals surface area contributed by atoms with Crippen LogP contribution in [0.2, 0.25) is 0 Å². The van der Waals surface area contributed by atoms with Crippen molar-refractivity contribution >= 4 is 17.8 Å². The van der Waals surface area contributed by atoms with Gasteiger partial charge in [-0.05, 0) is 64.3 Å². The van der Waals surface area contributed by atoms with E-state index in [0.717, 1.165) is 28.7 Å². The van der Waals surface area contributed by atoms with E-state index in [9.17, 15) is 14.4 Å². The van der Waals surface area contributed by atoms with Gasteiger partial charge in [0.05, 0.1) is 12.7 Å². The highest BCUT2D eigenvalue weighted by Crippen LogP contribution is 2.47. The summed E-state index contributed by atoms with van der Waals surface area (Å²) in [5, 5.41) is 3.16. The number of carbonyl (C=O) groups is 3. The number of rotatable bonds is 7. The van der Waals surface area contributed by atoms with E-state index in [0.29, 0.717) is 31.6 Å². The first-order valence-electron chi connectivity index (χ1n) is 13.3. The van der Waals surface area contributed by atoms with Crippen molar-refractivity contribution < 1.29 is 19.1 Å². The van der Waals surface area contributed by atoms with Crippen LogP contribution in [0.1, 0.15) is 58.8 Å². The Bertz CT molecular complexity index is 1370. The van der Waals surface area contributed by atoms with Crippen molar-refractivity contribution in [2.45, 2.75) is 45.7 Å². The Balaban J connectivity index is 1.41. The molecule has 2 unspecified atom stereocenters. The summed E-state index contributed by atoms with van der Waals surface area (Å²) >= 11 is 0. The lowest BCUT2D eigenvalue weighted by Crippen LogP contribution is -2.39. The Morgan fingerprint density at radius 1 is 1.00 bits per heavy atom. The van der Waals surface area contributed by atoms with Crippen molar-refractivity contribution in [3.63, 3.8) is 0 Å². The predicted octanol–water partition coefficient (Wildman–Crippen LogP) is 5.10. The molecule has 2 amide bonds. The molecule has 1 aliphatic carbocycles. The van der Waals surface area contributed by atoms with Crippen molar-refractivity contribution in [1.29, 1.82) is 0 Å². The van der Waals surface area contributed by atoms with Crippen molar-refractivity contribution in [3.05, 3.63) is 94.5 Å². The highest BCUT2D eigenvalue weighted by molar-refractivity contribution is 5.91. The summed E-state index contributed by atoms with van der Waals surface area (Å²) < 4.78 is 4.91. The summed E-state index contributed by atoms with van der Waals surface area (Å²) in [6.45, 7) is 5.42. The second-order valence-electron chi connectivity index (χ2n) is 10.5. The second kappa shape index (κ2) is 10.8. The summed E-state index contributed by atoms with van der Waals surface area (Å²) in [6, 6.07) is 21.8. The molecule has 5 rings (SSSR count). The summed E-state index contributed by atoms with van der Waals surface area (Å²) in [5.74, 6) is 0.0501. The molecule has 1 fully saturated rings. The van der Waals surface area contributed by atoms with E-state index < -0.39 is 0 Å². The van der Waals surface area contributed by atoms with Crippen LogP contribution in [-0.2, 0) is 33.8 Å². The highest BCUT2D eigenvalue weighted by Gasteiger charge is 2.43. The third kappa shape index (κ3) is 5.21. The fourth-order valence-electron chi connectivity index (χ4n) is 5.53. The van der Waals surface area contributed by atoms with Crippen molar-refractivity contribution in [2.24, 2.45) is 11.8 Å². The highest BCUT2D eigenvalue weighted by atomic mass is 16.5. The number of hydrogen-bond donors (Lipinski definition) is 1. The Kier molecular flexibility index (Phi) is 7.32. The Morgan fingerprint density at radius 3 is 2.53 bits per heavy atom. The smallest absolute Gasteiger partial charge is 0.337 e. The van der Waals surface area contributed by atoms with Crippen molar-refractivity contribution in [3.8, 4) is 11.1 Å². The summed E-state index contributed by atoms with van der Waals surface area (Å²) in [4.78, 5) is 39.9. The zero-order valence-corrected chi connectivity index (χ0v) is 22.2. The molecule has 3 aromatic carbocycles. The maximum absolute atomic E-state index is 13.0. The number of amides is 2. The van der Waals surface area contributed by atoms with Crippen LogP contribution in [0.5, 0.6) is 0 Å². The van der Waals surface area contributed by atoms with E-state index in [4.69, 9.17) is 4.74 Å². The van der Waals surface area contributed by atoms with E-state index in [1.54, 1.807) is 6.07 Å². The molecule has 1 saturated carbocycles. The third-order valence-electron chi connectivity index (χ3n) is 7.72. The van der Waals surface area contributed by atoms with Gasteiger partial charge in [0.25, 0.3) is 0 Å². The van der Waals surface area contributed by atoms with Gasteiger partial charge in [0.1, 0.15) is 0 Å². The molecule has 6 nitrogen and oxygen atoms in total. The summed E-state index contributed by atoms with van der Waals surface area (Å²) in [6.07, 6.45) is 1.59. The van der Waals surface area contributed by atoms with Crippen LogP contribution in [0.4, 0.5) is 0 Å². The van der Waals surface area contributed by atoms with Crippen molar-refractivity contribution in [2.75, 3.05) is 13.7 Å². The molecular weight excluding hydrogens is 476 g/mol. The van der Waals surface area contributed by atoms with Gasteiger partial charge in [0.15, 0.2) is 0 Å². The average molecular weight is 511 g/mol. The Hall–Kier alpha value is -3.93. The quantitative estimate of drug-likeness (QED) is 0.449. The number of hydrogen-bond acceptors (Lipinski definition) is 4. The van der Waals surface area contributed by atoms with Crippen LogP contribution in [0, 0.1) is 11.8 Å². The van der Waals surface area contributed by atoms with Gasteiger partial charge in [0.2, 0.25) is 11.8 Å². The van der Waals surface area contributed by atoms with Crippen molar-refractivity contribution in [1.82, 2.24) is 10.2 Å². The maximum Gasteiger partial charge on any atom is 0.337 e. The largest absolute Gasteiger partial charge is 0.465 e. The number of esters is 1. The first-order valence-corrected chi connectivity index (χ1v) is 13.3. The van der Waals surface area contributed by atoms with Crippen LogP contribution >= 0.6 is 0 Å². The molecule has 0 saturated heterocycles. The normalized spacial score (nSPS) is 18.1. The molecule has 0 spiro atoms. The minimum atomic E-state index is -0.373. The molecule has 6 heteroatoms. The number of nitrogens with one attached hydrogen (secondary N) is 1. The van der Waals surface area contributed by atoms with E-state index in [1.165, 1.54) is 18.2 Å². The molecule has 0 aromatic heterocycles. The number of benzene rings is 3. The van der Waals surface area contributed by atoms with Crippen LogP contribution in [-0.4, -0.2) is 36.3 Å². The van der Waals surface area contributed by atoms with E-state index >= 15 is 0 Å². The number of methoxy groups -OCH3 is 1. The molecule has 2 atom stereocenters. The predicted molar refractivity (Wildman–Crippen MR) is 146 cm³/mol. The third-order valence-corrected chi connectivity index (χ3v) is 7.72. The van der Waals surface area contributed by atoms with Gasteiger partial charge >= 0.3 is 5.97 Å². The fraction of sp³-hybridized carbons (Fsp3) is 0.344. The topological polar surface area (TPSA) is 75.7 Å². The number of carbonyl (C=O) groups excluding carboxylic acids is 3. The Labute approximate surface area is 224 Å². The lowest BCUT2D eigenvalue weighted by molar-refractivity contribution is -0.135. The number of nitrogens with zero attached hydrogens (tertiary/aromatic N) is 1. The molecule has 1 N–H and O–H groups in total. The van der Waals surface area contributed by atoms with Crippen LogP contribution in [0.3, 0.4) is 0 Å². The Morgan fingerprint density at radius 2 is 1.79 bits per heavy atom. The minimum Gasteiger partial charge on any atom is -0.465 e. The van der Waals surface area contributed by atoms with Gasteiger partial charge in [-0.15, -0.1) is 0 Å². The lowest BCUT2D eigenvalue weighted by atomic mass is 9.86. The van der Waals surface area contributed by atoms with Crippen LogP contribution in [0.15, 0.2) is 66.7 Å². The monoisotopic (exact) mass is 510 g/mol. The summed E-state index contributed by atoms with van der Waals surface area (Å²) in [5.41, 5.74) is 6.98. The van der Waals surface area contributed by atoms with Gasteiger partial charge < -0.3 is 15.0 Å². The van der Waals surface area contributed by atoms with E-state index in [2.05, 4.69) is 23.5 Å². The zero-order valence-electron chi connectivity index (χ0n) is 22.2. The molecule has 0 radical (unpaired) electrons. The second-order valence-corrected chi connectivity index (χ2v) is 10.5. The van der Waals surface area contributed by atoms with Gasteiger partial charge in [-0.3, -0.25) is 9.59 Å². The lowest BCUT2D eigenvalue weighted by Gasteiger charge is -2.33. The average Bonchev–Trinajstić information content (AvgIpc) is 3.76. The summed E-state index contributed by atoms with van der Waals surface area (Å²) in [7, 11) is 1.38. The zero-order chi connectivity index (χ0) is 26.8. The van der Waals surface area contributed by atoms with Gasteiger partial charge in [-0.25, -0.2) is 4.79 Å². The van der Waals surface area contributed by atoms with Gasteiger partial charge in [-0.2, -0.15) is 0 Å². The number of ether oxygens (including phenoxy) is 1. The SMILES string of the molecule is COC(=O)c1cccc(-c2ccc(CNC(=O)C3CC3c3ccccc3)c3c2CCN(C(=O)C(C)C)C3)c1. The number of fused-ring (bicyclic) bond motifs is 1. The fourth-order valence-corrected chi connectivity index (χ4v) is 5.53. The van der Waals surface area contributed by atoms with E-state index in [1.807, 2.05) is 61.2 Å². The van der Waals surface area contributed by atoms with Gasteiger partial charge in [0, 0.05) is 31.5 Å². The van der Waals surface area contributed by atoms with E-state index in [-0.39, 0.29) is 35.5 Å². The molecule has 38 heavy (non-hydrogen) atoms. The molecular formula is C32H34N2O4. The molecule has 1 aliphatic heterocycles. The molecule has 2 aliphatic rings.